The first kappa shape index (κ1) is 15.7. The highest BCUT2D eigenvalue weighted by molar-refractivity contribution is 6.05. The molecule has 2 N–H and O–H groups in total. The van der Waals surface area contributed by atoms with Crippen LogP contribution >= 0.6 is 0 Å². The average molecular weight is 290 g/mol. The number of benzene rings is 1. The Hall–Kier alpha value is -1.72. The monoisotopic (exact) mass is 290 g/mol. The molecule has 0 atom stereocenters. The lowest BCUT2D eigenvalue weighted by molar-refractivity contribution is -0.122. The number of nitrogens with one attached hydrogen (secondary N) is 1. The van der Waals surface area contributed by atoms with Crippen LogP contribution in [0.2, 0.25) is 0 Å². The van der Waals surface area contributed by atoms with Crippen LogP contribution in [0.1, 0.15) is 36.0 Å². The van der Waals surface area contributed by atoms with E-state index in [0.29, 0.717) is 24.6 Å². The smallest absolute Gasteiger partial charge is 0.257 e. The summed E-state index contributed by atoms with van der Waals surface area (Å²) in [5.74, 6) is -0.648. The predicted molar refractivity (Wildman–Crippen MR) is 79.8 cm³/mol. The molecule has 0 heterocycles. The Morgan fingerprint density at radius 2 is 1.95 bits per heavy atom. The summed E-state index contributed by atoms with van der Waals surface area (Å²) in [5.41, 5.74) is 0.483. The molecule has 0 radical (unpaired) electrons. The summed E-state index contributed by atoms with van der Waals surface area (Å²) in [7, 11) is 0. The van der Waals surface area contributed by atoms with E-state index in [0.717, 1.165) is 12.8 Å². The largest absolute Gasteiger partial charge is 0.396 e. The van der Waals surface area contributed by atoms with Gasteiger partial charge in [0.25, 0.3) is 5.91 Å². The lowest BCUT2D eigenvalue weighted by Crippen LogP contribution is -2.47. The van der Waals surface area contributed by atoms with Crippen LogP contribution in [0.5, 0.6) is 0 Å². The Balaban J connectivity index is 1.85. The van der Waals surface area contributed by atoms with Gasteiger partial charge >= 0.3 is 0 Å². The van der Waals surface area contributed by atoms with Crippen molar-refractivity contribution in [3.63, 3.8) is 0 Å². The first-order valence-electron chi connectivity index (χ1n) is 7.45. The molecule has 2 rings (SSSR count). The molecule has 0 spiro atoms. The summed E-state index contributed by atoms with van der Waals surface area (Å²) in [6, 6.07) is 9.12. The number of aliphatic hydroxyl groups is 1. The van der Waals surface area contributed by atoms with Gasteiger partial charge in [0, 0.05) is 24.8 Å². The van der Waals surface area contributed by atoms with E-state index in [-0.39, 0.29) is 25.0 Å². The van der Waals surface area contributed by atoms with Crippen molar-refractivity contribution in [3.8, 4) is 0 Å². The van der Waals surface area contributed by atoms with E-state index in [1.54, 1.807) is 24.3 Å². The number of rotatable bonds is 7. The van der Waals surface area contributed by atoms with Gasteiger partial charge in [0.1, 0.15) is 0 Å². The van der Waals surface area contributed by atoms with Crippen LogP contribution in [0, 0.1) is 0 Å². The molecule has 1 aliphatic rings. The summed E-state index contributed by atoms with van der Waals surface area (Å²) < 4.78 is 0. The summed E-state index contributed by atoms with van der Waals surface area (Å²) in [4.78, 5) is 26.0. The fourth-order valence-electron chi connectivity index (χ4n) is 2.43. The van der Waals surface area contributed by atoms with Crippen LogP contribution in [0.3, 0.4) is 0 Å². The third-order valence-corrected chi connectivity index (χ3v) is 3.83. The minimum absolute atomic E-state index is 0.119. The molecular weight excluding hydrogens is 268 g/mol. The lowest BCUT2D eigenvalue weighted by Gasteiger charge is -2.37. The van der Waals surface area contributed by atoms with Gasteiger partial charge in [0.05, 0.1) is 6.54 Å². The molecule has 0 aromatic heterocycles. The molecule has 5 nitrogen and oxygen atoms in total. The number of nitrogens with zero attached hydrogens (tertiary/aromatic N) is 1. The van der Waals surface area contributed by atoms with Gasteiger partial charge < -0.3 is 5.11 Å². The van der Waals surface area contributed by atoms with Gasteiger partial charge in [-0.3, -0.25) is 19.8 Å². The number of hydrogen-bond donors (Lipinski definition) is 2. The molecule has 0 aliphatic heterocycles. The van der Waals surface area contributed by atoms with Crippen molar-refractivity contribution < 1.29 is 14.7 Å². The SMILES string of the molecule is O=C(CN(CCCO)C1CCC1)NC(=O)c1ccccc1. The first-order chi connectivity index (χ1) is 10.2. The van der Waals surface area contributed by atoms with Crippen LogP contribution in [0.15, 0.2) is 30.3 Å². The molecule has 1 saturated carbocycles. The van der Waals surface area contributed by atoms with E-state index < -0.39 is 0 Å². The van der Waals surface area contributed by atoms with Gasteiger partial charge in [-0.25, -0.2) is 0 Å². The van der Waals surface area contributed by atoms with Crippen LogP contribution in [0.4, 0.5) is 0 Å². The van der Waals surface area contributed by atoms with Crippen LogP contribution in [0.25, 0.3) is 0 Å². The quantitative estimate of drug-likeness (QED) is 0.791. The predicted octanol–water partition coefficient (Wildman–Crippen LogP) is 1.18. The van der Waals surface area contributed by atoms with Crippen molar-refractivity contribution >= 4 is 11.8 Å². The topological polar surface area (TPSA) is 69.6 Å². The number of imide groups is 1. The van der Waals surface area contributed by atoms with Crippen molar-refractivity contribution in [2.45, 2.75) is 31.7 Å². The number of carbonyl (C=O) groups excluding carboxylic acids is 2. The highest BCUT2D eigenvalue weighted by Gasteiger charge is 2.26. The molecule has 1 aliphatic carbocycles. The Bertz CT molecular complexity index is 472. The van der Waals surface area contributed by atoms with Gasteiger partial charge in [-0.05, 0) is 31.4 Å². The van der Waals surface area contributed by atoms with Gasteiger partial charge in [-0.1, -0.05) is 24.6 Å². The number of carbonyl (C=O) groups is 2. The molecule has 0 unspecified atom stereocenters. The van der Waals surface area contributed by atoms with Crippen LogP contribution in [-0.4, -0.2) is 47.6 Å². The molecule has 0 bridgehead atoms. The lowest BCUT2D eigenvalue weighted by atomic mass is 9.91. The van der Waals surface area contributed by atoms with Crippen LogP contribution in [-0.2, 0) is 4.79 Å². The minimum atomic E-state index is -0.365. The van der Waals surface area contributed by atoms with Gasteiger partial charge in [0.2, 0.25) is 5.91 Å². The second kappa shape index (κ2) is 7.90. The van der Waals surface area contributed by atoms with E-state index in [1.165, 1.54) is 6.42 Å². The standard InChI is InChI=1S/C16H22N2O3/c19-11-5-10-18(14-8-4-9-14)12-15(20)17-16(21)13-6-2-1-3-7-13/h1-3,6-7,14,19H,4-5,8-12H2,(H,17,20,21). The van der Waals surface area contributed by atoms with Gasteiger partial charge in [0.15, 0.2) is 0 Å². The molecule has 0 saturated heterocycles. The number of hydrogen-bond acceptors (Lipinski definition) is 4. The van der Waals surface area contributed by atoms with E-state index in [1.807, 2.05) is 6.07 Å². The highest BCUT2D eigenvalue weighted by Crippen LogP contribution is 2.24. The maximum atomic E-state index is 12.0. The van der Waals surface area contributed by atoms with Crippen molar-refractivity contribution in [1.29, 1.82) is 0 Å². The fraction of sp³-hybridized carbons (Fsp3) is 0.500. The first-order valence-corrected chi connectivity index (χ1v) is 7.45. The molecular formula is C16H22N2O3. The molecule has 2 amide bonds. The molecule has 21 heavy (non-hydrogen) atoms. The fourth-order valence-corrected chi connectivity index (χ4v) is 2.43. The summed E-state index contributed by atoms with van der Waals surface area (Å²) in [6.07, 6.45) is 4.01. The van der Waals surface area contributed by atoms with E-state index in [2.05, 4.69) is 10.2 Å². The zero-order chi connectivity index (χ0) is 15.1. The normalized spacial score (nSPS) is 14.8. The van der Waals surface area contributed by atoms with E-state index in [4.69, 9.17) is 5.11 Å². The second-order valence-corrected chi connectivity index (χ2v) is 5.38. The number of aliphatic hydroxyl groups excluding tert-OH is 1. The average Bonchev–Trinajstić information content (AvgIpc) is 2.43. The molecule has 1 aromatic carbocycles. The van der Waals surface area contributed by atoms with Crippen molar-refractivity contribution in [3.05, 3.63) is 35.9 Å². The summed E-state index contributed by atoms with van der Waals surface area (Å²) in [5, 5.41) is 11.4. The van der Waals surface area contributed by atoms with Crippen LogP contribution < -0.4 is 5.32 Å². The Morgan fingerprint density at radius 3 is 2.52 bits per heavy atom. The molecule has 114 valence electrons. The minimum Gasteiger partial charge on any atom is -0.396 e. The van der Waals surface area contributed by atoms with Crippen molar-refractivity contribution in [1.82, 2.24) is 10.2 Å². The Kier molecular flexibility index (Phi) is 5.90. The van der Waals surface area contributed by atoms with E-state index >= 15 is 0 Å². The Labute approximate surface area is 125 Å². The second-order valence-electron chi connectivity index (χ2n) is 5.38. The van der Waals surface area contributed by atoms with Gasteiger partial charge in [-0.15, -0.1) is 0 Å². The molecule has 1 fully saturated rings. The summed E-state index contributed by atoms with van der Waals surface area (Å²) >= 11 is 0. The molecule has 1 aromatic rings. The summed E-state index contributed by atoms with van der Waals surface area (Å²) in [6.45, 7) is 1.02. The molecule has 5 heteroatoms. The maximum Gasteiger partial charge on any atom is 0.257 e. The highest BCUT2D eigenvalue weighted by atomic mass is 16.3. The van der Waals surface area contributed by atoms with Crippen molar-refractivity contribution in [2.75, 3.05) is 19.7 Å². The van der Waals surface area contributed by atoms with E-state index in [9.17, 15) is 9.59 Å². The number of amides is 2. The third kappa shape index (κ3) is 4.65. The maximum absolute atomic E-state index is 12.0. The Morgan fingerprint density at radius 1 is 1.24 bits per heavy atom. The van der Waals surface area contributed by atoms with Gasteiger partial charge in [-0.2, -0.15) is 0 Å². The zero-order valence-electron chi connectivity index (χ0n) is 12.1. The van der Waals surface area contributed by atoms with Crippen molar-refractivity contribution in [2.24, 2.45) is 0 Å². The zero-order valence-corrected chi connectivity index (χ0v) is 12.1. The third-order valence-electron chi connectivity index (χ3n) is 3.83.